The lowest BCUT2D eigenvalue weighted by Crippen LogP contribution is -2.43. The lowest BCUT2D eigenvalue weighted by molar-refractivity contribution is -0.135. The van der Waals surface area contributed by atoms with E-state index >= 15 is 0 Å². The summed E-state index contributed by atoms with van der Waals surface area (Å²) in [7, 11) is 0. The summed E-state index contributed by atoms with van der Waals surface area (Å²) in [5.41, 5.74) is 3.37. The number of nitrogens with zero attached hydrogens (tertiary/aromatic N) is 1. The molecule has 0 radical (unpaired) electrons. The van der Waals surface area contributed by atoms with Crippen LogP contribution in [0.3, 0.4) is 0 Å². The number of furan rings is 1. The van der Waals surface area contributed by atoms with Crippen molar-refractivity contribution in [2.45, 2.75) is 57.9 Å². The number of Topliss-reactive ketones (excluding diaryl/α,β-unsaturated/α-hetero) is 1. The van der Waals surface area contributed by atoms with Gasteiger partial charge in [-0.2, -0.15) is 0 Å². The van der Waals surface area contributed by atoms with Gasteiger partial charge in [0.05, 0.1) is 12.8 Å². The number of piperidine rings is 1. The molecule has 1 aromatic heterocycles. The van der Waals surface area contributed by atoms with Crippen LogP contribution in [0.25, 0.3) is 0 Å². The van der Waals surface area contributed by atoms with E-state index in [2.05, 4.69) is 11.4 Å². The monoisotopic (exact) mass is 422 g/mol. The number of rotatable bonds is 7. The van der Waals surface area contributed by atoms with Gasteiger partial charge in [-0.15, -0.1) is 0 Å². The Balaban J connectivity index is 1.20. The van der Waals surface area contributed by atoms with E-state index in [0.717, 1.165) is 24.2 Å². The second-order valence-electron chi connectivity index (χ2n) is 8.57. The van der Waals surface area contributed by atoms with Crippen LogP contribution in [0.1, 0.15) is 65.8 Å². The molecular weight excluding hydrogens is 392 g/mol. The van der Waals surface area contributed by atoms with E-state index < -0.39 is 0 Å². The molecule has 1 aromatic carbocycles. The van der Waals surface area contributed by atoms with Crippen molar-refractivity contribution in [3.63, 3.8) is 0 Å². The fourth-order valence-electron chi connectivity index (χ4n) is 4.55. The maximum atomic E-state index is 12.6. The van der Waals surface area contributed by atoms with Crippen molar-refractivity contribution in [1.29, 1.82) is 0 Å². The summed E-state index contributed by atoms with van der Waals surface area (Å²) >= 11 is 0. The van der Waals surface area contributed by atoms with E-state index in [1.165, 1.54) is 24.0 Å². The summed E-state index contributed by atoms with van der Waals surface area (Å²) in [6.07, 6.45) is 7.88. The minimum atomic E-state index is -0.0869. The van der Waals surface area contributed by atoms with Gasteiger partial charge in [0.15, 0.2) is 5.78 Å². The molecule has 2 aromatic rings. The molecule has 0 bridgehead atoms. The third kappa shape index (κ3) is 5.43. The van der Waals surface area contributed by atoms with Crippen molar-refractivity contribution in [1.82, 2.24) is 10.2 Å². The number of likely N-dealkylation sites (tertiary alicyclic amines) is 1. The minimum absolute atomic E-state index is 0.000698. The fraction of sp³-hybridized carbons (Fsp3) is 0.480. The highest BCUT2D eigenvalue weighted by Gasteiger charge is 2.27. The fourth-order valence-corrected chi connectivity index (χ4v) is 4.55. The molecular formula is C25H30N2O4. The molecule has 2 amide bonds. The number of hydrogen-bond donors (Lipinski definition) is 1. The maximum absolute atomic E-state index is 12.6. The van der Waals surface area contributed by atoms with Crippen LogP contribution < -0.4 is 5.32 Å². The van der Waals surface area contributed by atoms with Crippen molar-refractivity contribution in [3.05, 3.63) is 59.0 Å². The number of carbonyl (C=O) groups is 3. The van der Waals surface area contributed by atoms with E-state index in [9.17, 15) is 14.4 Å². The Morgan fingerprint density at radius 3 is 2.52 bits per heavy atom. The van der Waals surface area contributed by atoms with Crippen LogP contribution >= 0.6 is 0 Å². The second-order valence-corrected chi connectivity index (χ2v) is 8.57. The predicted molar refractivity (Wildman–Crippen MR) is 117 cm³/mol. The van der Waals surface area contributed by atoms with Gasteiger partial charge in [-0.1, -0.05) is 12.1 Å². The third-order valence-corrected chi connectivity index (χ3v) is 6.47. The Morgan fingerprint density at radius 1 is 1.00 bits per heavy atom. The number of ketones is 1. The molecule has 6 nitrogen and oxygen atoms in total. The summed E-state index contributed by atoms with van der Waals surface area (Å²) < 4.78 is 5.23. The zero-order valence-electron chi connectivity index (χ0n) is 17.9. The topological polar surface area (TPSA) is 79.6 Å². The molecule has 0 saturated carbocycles. The number of benzene rings is 1. The number of hydrogen-bond acceptors (Lipinski definition) is 4. The average Bonchev–Trinajstić information content (AvgIpc) is 3.34. The standard InChI is InChI=1S/C25H30N2O4/c28-23(21-8-7-18-4-1-2-5-20(18)16-21)9-10-24(29)27-13-11-19(12-14-27)25(30)26-17-22-6-3-15-31-22/h3,6-8,15-16,19H,1-2,4-5,9-14,17H2,(H,26,30). The van der Waals surface area contributed by atoms with Crippen LogP contribution in [0.5, 0.6) is 0 Å². The first-order valence-electron chi connectivity index (χ1n) is 11.3. The van der Waals surface area contributed by atoms with Gasteiger partial charge in [-0.25, -0.2) is 0 Å². The highest BCUT2D eigenvalue weighted by Crippen LogP contribution is 2.23. The van der Waals surface area contributed by atoms with Crippen molar-refractivity contribution >= 4 is 17.6 Å². The number of carbonyl (C=O) groups excluding carboxylic acids is 3. The highest BCUT2D eigenvalue weighted by atomic mass is 16.3. The summed E-state index contributed by atoms with van der Waals surface area (Å²) in [5, 5.41) is 2.90. The van der Waals surface area contributed by atoms with E-state index in [1.807, 2.05) is 18.2 Å². The van der Waals surface area contributed by atoms with Crippen LogP contribution in [-0.2, 0) is 29.0 Å². The molecule has 0 unspecified atom stereocenters. The van der Waals surface area contributed by atoms with E-state index in [4.69, 9.17) is 4.42 Å². The summed E-state index contributed by atoms with van der Waals surface area (Å²) in [5.74, 6) is 0.682. The number of aryl methyl sites for hydroxylation is 2. The van der Waals surface area contributed by atoms with Gasteiger partial charge in [-0.3, -0.25) is 14.4 Å². The first-order valence-corrected chi connectivity index (χ1v) is 11.3. The molecule has 2 heterocycles. The number of nitrogens with one attached hydrogen (secondary N) is 1. The molecule has 164 valence electrons. The SMILES string of the molecule is O=C(CCC(=O)N1CCC(C(=O)NCc2ccco2)CC1)c1ccc2c(c1)CCCC2. The van der Waals surface area contributed by atoms with Crippen LogP contribution in [0, 0.1) is 5.92 Å². The maximum Gasteiger partial charge on any atom is 0.223 e. The lowest BCUT2D eigenvalue weighted by Gasteiger charge is -2.31. The Hall–Kier alpha value is -2.89. The van der Waals surface area contributed by atoms with E-state index in [-0.39, 0.29) is 36.4 Å². The van der Waals surface area contributed by atoms with Gasteiger partial charge in [0.25, 0.3) is 0 Å². The molecule has 4 rings (SSSR count). The van der Waals surface area contributed by atoms with Gasteiger partial charge < -0.3 is 14.6 Å². The molecule has 31 heavy (non-hydrogen) atoms. The quantitative estimate of drug-likeness (QED) is 0.691. The number of amides is 2. The molecule has 1 fully saturated rings. The van der Waals surface area contributed by atoms with Crippen molar-refractivity contribution in [2.24, 2.45) is 5.92 Å². The smallest absolute Gasteiger partial charge is 0.223 e. The molecule has 2 aliphatic rings. The molecule has 1 N–H and O–H groups in total. The van der Waals surface area contributed by atoms with Crippen molar-refractivity contribution < 1.29 is 18.8 Å². The normalized spacial score (nSPS) is 16.6. The minimum Gasteiger partial charge on any atom is -0.467 e. The van der Waals surface area contributed by atoms with E-state index in [0.29, 0.717) is 32.5 Å². The Labute approximate surface area is 183 Å². The average molecular weight is 423 g/mol. The van der Waals surface area contributed by atoms with Gasteiger partial charge >= 0.3 is 0 Å². The number of fused-ring (bicyclic) bond motifs is 1. The van der Waals surface area contributed by atoms with Gasteiger partial charge in [-0.05, 0) is 67.9 Å². The molecule has 1 aliphatic carbocycles. The molecule has 0 spiro atoms. The summed E-state index contributed by atoms with van der Waals surface area (Å²) in [6, 6.07) is 9.62. The van der Waals surface area contributed by atoms with Crippen molar-refractivity contribution in [3.8, 4) is 0 Å². The van der Waals surface area contributed by atoms with E-state index in [1.54, 1.807) is 17.2 Å². The van der Waals surface area contributed by atoms with Crippen LogP contribution in [-0.4, -0.2) is 35.6 Å². The van der Waals surface area contributed by atoms with Gasteiger partial charge in [0.2, 0.25) is 11.8 Å². The Bertz CT molecular complexity index is 927. The molecule has 1 saturated heterocycles. The third-order valence-electron chi connectivity index (χ3n) is 6.47. The molecule has 0 atom stereocenters. The lowest BCUT2D eigenvalue weighted by atomic mass is 9.89. The van der Waals surface area contributed by atoms with Gasteiger partial charge in [0, 0.05) is 37.4 Å². The van der Waals surface area contributed by atoms with Crippen LogP contribution in [0.15, 0.2) is 41.0 Å². The zero-order chi connectivity index (χ0) is 21.6. The Morgan fingerprint density at radius 2 is 1.77 bits per heavy atom. The molecule has 1 aliphatic heterocycles. The first kappa shape index (κ1) is 21.3. The van der Waals surface area contributed by atoms with Crippen LogP contribution in [0.4, 0.5) is 0 Å². The summed E-state index contributed by atoms with van der Waals surface area (Å²) in [4.78, 5) is 39.3. The van der Waals surface area contributed by atoms with Crippen molar-refractivity contribution in [2.75, 3.05) is 13.1 Å². The highest BCUT2D eigenvalue weighted by molar-refractivity contribution is 5.98. The largest absolute Gasteiger partial charge is 0.467 e. The predicted octanol–water partition coefficient (Wildman–Crippen LogP) is 3.68. The second kappa shape index (κ2) is 9.94. The summed E-state index contributed by atoms with van der Waals surface area (Å²) in [6.45, 7) is 1.51. The van der Waals surface area contributed by atoms with Crippen LogP contribution in [0.2, 0.25) is 0 Å². The zero-order valence-corrected chi connectivity index (χ0v) is 17.9. The Kier molecular flexibility index (Phi) is 6.85. The molecule has 6 heteroatoms. The first-order chi connectivity index (χ1) is 15.1. The van der Waals surface area contributed by atoms with Gasteiger partial charge in [0.1, 0.15) is 5.76 Å².